The number of hydrogen-bond acceptors (Lipinski definition) is 5. The molecule has 0 unspecified atom stereocenters. The quantitative estimate of drug-likeness (QED) is 0.845. The van der Waals surface area contributed by atoms with E-state index < -0.39 is 0 Å². The van der Waals surface area contributed by atoms with Gasteiger partial charge in [-0.05, 0) is 44.0 Å². The molecule has 0 aliphatic carbocycles. The van der Waals surface area contributed by atoms with Gasteiger partial charge in [-0.1, -0.05) is 6.07 Å². The standard InChI is InChI=1S/C16H21N5/c1-12-11-17-19-16(14(12)3)21-9-7-20(8-10-21)15-6-4-5-13(2)18-15/h4-6,11H,7-10H2,1-3H3. The summed E-state index contributed by atoms with van der Waals surface area (Å²) < 4.78 is 0. The van der Waals surface area contributed by atoms with Gasteiger partial charge in [-0.2, -0.15) is 5.10 Å². The van der Waals surface area contributed by atoms with Gasteiger partial charge in [0, 0.05) is 31.9 Å². The van der Waals surface area contributed by atoms with Crippen molar-refractivity contribution >= 4 is 11.6 Å². The van der Waals surface area contributed by atoms with Crippen molar-refractivity contribution in [3.8, 4) is 0 Å². The largest absolute Gasteiger partial charge is 0.353 e. The third-order valence-corrected chi connectivity index (χ3v) is 4.11. The lowest BCUT2D eigenvalue weighted by molar-refractivity contribution is 0.635. The molecule has 5 nitrogen and oxygen atoms in total. The average molecular weight is 283 g/mol. The van der Waals surface area contributed by atoms with Gasteiger partial charge in [0.1, 0.15) is 5.82 Å². The summed E-state index contributed by atoms with van der Waals surface area (Å²) in [7, 11) is 0. The Bertz CT molecular complexity index is 632. The van der Waals surface area contributed by atoms with Crippen molar-refractivity contribution in [3.05, 3.63) is 41.2 Å². The summed E-state index contributed by atoms with van der Waals surface area (Å²) in [4.78, 5) is 9.26. The van der Waals surface area contributed by atoms with Crippen molar-refractivity contribution in [3.63, 3.8) is 0 Å². The highest BCUT2D eigenvalue weighted by atomic mass is 15.3. The predicted molar refractivity (Wildman–Crippen MR) is 84.9 cm³/mol. The zero-order chi connectivity index (χ0) is 14.8. The van der Waals surface area contributed by atoms with Crippen LogP contribution in [0.2, 0.25) is 0 Å². The summed E-state index contributed by atoms with van der Waals surface area (Å²) in [6.45, 7) is 10.1. The second kappa shape index (κ2) is 5.68. The molecule has 0 bridgehead atoms. The normalized spacial score (nSPS) is 15.4. The zero-order valence-electron chi connectivity index (χ0n) is 12.9. The van der Waals surface area contributed by atoms with Gasteiger partial charge in [0.15, 0.2) is 5.82 Å². The smallest absolute Gasteiger partial charge is 0.154 e. The number of hydrogen-bond donors (Lipinski definition) is 0. The molecule has 0 N–H and O–H groups in total. The van der Waals surface area contributed by atoms with Crippen LogP contribution in [-0.4, -0.2) is 41.4 Å². The fraction of sp³-hybridized carbons (Fsp3) is 0.438. The molecular weight excluding hydrogens is 262 g/mol. The number of aromatic nitrogens is 3. The van der Waals surface area contributed by atoms with Gasteiger partial charge in [0.05, 0.1) is 6.20 Å². The first kappa shape index (κ1) is 13.8. The van der Waals surface area contributed by atoms with E-state index in [1.54, 1.807) is 0 Å². The Morgan fingerprint density at radius 2 is 1.67 bits per heavy atom. The molecule has 0 atom stereocenters. The topological polar surface area (TPSA) is 45.2 Å². The van der Waals surface area contributed by atoms with Gasteiger partial charge in [0.2, 0.25) is 0 Å². The first-order chi connectivity index (χ1) is 10.1. The average Bonchev–Trinajstić information content (AvgIpc) is 2.50. The summed E-state index contributed by atoms with van der Waals surface area (Å²) >= 11 is 0. The number of anilines is 2. The van der Waals surface area contributed by atoms with E-state index in [2.05, 4.69) is 51.0 Å². The molecule has 1 fully saturated rings. The molecule has 2 aromatic rings. The highest BCUT2D eigenvalue weighted by Gasteiger charge is 2.21. The molecule has 1 aliphatic heterocycles. The van der Waals surface area contributed by atoms with Crippen LogP contribution in [0.3, 0.4) is 0 Å². The van der Waals surface area contributed by atoms with Gasteiger partial charge >= 0.3 is 0 Å². The Morgan fingerprint density at radius 3 is 2.38 bits per heavy atom. The Hall–Kier alpha value is -2.17. The molecule has 0 amide bonds. The highest BCUT2D eigenvalue weighted by Crippen LogP contribution is 2.21. The molecule has 110 valence electrons. The lowest BCUT2D eigenvalue weighted by Gasteiger charge is -2.36. The molecule has 1 aliphatic rings. The number of piperazine rings is 1. The van der Waals surface area contributed by atoms with E-state index in [0.29, 0.717) is 0 Å². The number of rotatable bonds is 2. The van der Waals surface area contributed by atoms with Crippen LogP contribution in [0.15, 0.2) is 24.4 Å². The van der Waals surface area contributed by atoms with Gasteiger partial charge in [-0.3, -0.25) is 0 Å². The minimum atomic E-state index is 0.953. The maximum Gasteiger partial charge on any atom is 0.154 e. The Morgan fingerprint density at radius 1 is 0.952 bits per heavy atom. The predicted octanol–water partition coefficient (Wildman–Crippen LogP) is 2.12. The van der Waals surface area contributed by atoms with Crippen LogP contribution >= 0.6 is 0 Å². The molecule has 0 spiro atoms. The minimum Gasteiger partial charge on any atom is -0.353 e. The van der Waals surface area contributed by atoms with Crippen molar-refractivity contribution in [1.82, 2.24) is 15.2 Å². The number of pyridine rings is 1. The van der Waals surface area contributed by atoms with Crippen LogP contribution in [0, 0.1) is 20.8 Å². The summed E-state index contributed by atoms with van der Waals surface area (Å²) in [5, 5.41) is 8.41. The first-order valence-corrected chi connectivity index (χ1v) is 7.37. The molecule has 2 aromatic heterocycles. The van der Waals surface area contributed by atoms with Crippen molar-refractivity contribution in [2.45, 2.75) is 20.8 Å². The van der Waals surface area contributed by atoms with Gasteiger partial charge in [0.25, 0.3) is 0 Å². The van der Waals surface area contributed by atoms with Crippen molar-refractivity contribution in [2.75, 3.05) is 36.0 Å². The van der Waals surface area contributed by atoms with Crippen LogP contribution in [-0.2, 0) is 0 Å². The van der Waals surface area contributed by atoms with Crippen molar-refractivity contribution in [1.29, 1.82) is 0 Å². The second-order valence-electron chi connectivity index (χ2n) is 5.59. The monoisotopic (exact) mass is 283 g/mol. The van der Waals surface area contributed by atoms with E-state index in [9.17, 15) is 0 Å². The maximum atomic E-state index is 4.61. The minimum absolute atomic E-state index is 0.953. The van der Waals surface area contributed by atoms with E-state index in [1.807, 2.05) is 19.2 Å². The lowest BCUT2D eigenvalue weighted by Crippen LogP contribution is -2.47. The molecule has 3 rings (SSSR count). The fourth-order valence-electron chi connectivity index (χ4n) is 2.67. The van der Waals surface area contributed by atoms with Gasteiger partial charge in [-0.25, -0.2) is 4.98 Å². The Labute approximate surface area is 125 Å². The van der Waals surface area contributed by atoms with Gasteiger partial charge in [-0.15, -0.1) is 5.10 Å². The molecular formula is C16H21N5. The molecule has 1 saturated heterocycles. The summed E-state index contributed by atoms with van der Waals surface area (Å²) in [5.41, 5.74) is 3.49. The van der Waals surface area contributed by atoms with E-state index in [0.717, 1.165) is 43.5 Å². The van der Waals surface area contributed by atoms with Crippen LogP contribution in [0.25, 0.3) is 0 Å². The van der Waals surface area contributed by atoms with E-state index in [-0.39, 0.29) is 0 Å². The van der Waals surface area contributed by atoms with Crippen LogP contribution in [0.4, 0.5) is 11.6 Å². The van der Waals surface area contributed by atoms with Crippen molar-refractivity contribution < 1.29 is 0 Å². The zero-order valence-corrected chi connectivity index (χ0v) is 12.9. The number of aryl methyl sites for hydroxylation is 2. The first-order valence-electron chi connectivity index (χ1n) is 7.37. The Balaban J connectivity index is 1.72. The highest BCUT2D eigenvalue weighted by molar-refractivity contribution is 5.50. The van der Waals surface area contributed by atoms with Crippen molar-refractivity contribution in [2.24, 2.45) is 0 Å². The second-order valence-corrected chi connectivity index (χ2v) is 5.59. The van der Waals surface area contributed by atoms with E-state index in [1.165, 1.54) is 11.1 Å². The summed E-state index contributed by atoms with van der Waals surface area (Å²) in [6, 6.07) is 6.19. The Kier molecular flexibility index (Phi) is 3.73. The van der Waals surface area contributed by atoms with Crippen LogP contribution in [0.5, 0.6) is 0 Å². The molecule has 3 heterocycles. The van der Waals surface area contributed by atoms with Gasteiger partial charge < -0.3 is 9.80 Å². The molecule has 21 heavy (non-hydrogen) atoms. The molecule has 0 aromatic carbocycles. The maximum absolute atomic E-state index is 4.61. The SMILES string of the molecule is Cc1cccc(N2CCN(c3nncc(C)c3C)CC2)n1. The third-order valence-electron chi connectivity index (χ3n) is 4.11. The molecule has 5 heteroatoms. The van der Waals surface area contributed by atoms with E-state index in [4.69, 9.17) is 0 Å². The fourth-order valence-corrected chi connectivity index (χ4v) is 2.67. The lowest BCUT2D eigenvalue weighted by atomic mass is 10.2. The van der Waals surface area contributed by atoms with E-state index >= 15 is 0 Å². The molecule has 0 radical (unpaired) electrons. The summed E-state index contributed by atoms with van der Waals surface area (Å²) in [5.74, 6) is 2.09. The van der Waals surface area contributed by atoms with Crippen LogP contribution < -0.4 is 9.80 Å². The third kappa shape index (κ3) is 2.82. The molecule has 0 saturated carbocycles. The van der Waals surface area contributed by atoms with Crippen LogP contribution in [0.1, 0.15) is 16.8 Å². The summed E-state index contributed by atoms with van der Waals surface area (Å²) in [6.07, 6.45) is 1.83. The number of nitrogens with zero attached hydrogens (tertiary/aromatic N) is 5.